The minimum Gasteiger partial charge on any atom is -0.497 e. The number of fused-ring (bicyclic) bond motifs is 1. The zero-order chi connectivity index (χ0) is 20.3. The van der Waals surface area contributed by atoms with E-state index in [1.54, 1.807) is 13.2 Å². The summed E-state index contributed by atoms with van der Waals surface area (Å²) in [4.78, 5) is 17.9. The van der Waals surface area contributed by atoms with Gasteiger partial charge in [0.1, 0.15) is 11.6 Å². The second-order valence-electron chi connectivity index (χ2n) is 7.16. The predicted octanol–water partition coefficient (Wildman–Crippen LogP) is 3.59. The van der Waals surface area contributed by atoms with Crippen molar-refractivity contribution in [3.05, 3.63) is 65.1 Å². The van der Waals surface area contributed by atoms with Crippen molar-refractivity contribution in [2.24, 2.45) is 0 Å². The van der Waals surface area contributed by atoms with Crippen LogP contribution in [0, 0.1) is 12.7 Å². The molecule has 0 aliphatic carbocycles. The van der Waals surface area contributed by atoms with Crippen LogP contribution in [0.4, 0.5) is 4.39 Å². The molecular formula is C22H26FN3O2. The van der Waals surface area contributed by atoms with Crippen LogP contribution >= 0.6 is 0 Å². The summed E-state index contributed by atoms with van der Waals surface area (Å²) in [5.74, 6) is 0.383. The first-order chi connectivity index (χ1) is 13.4. The van der Waals surface area contributed by atoms with Crippen LogP contribution in [0.3, 0.4) is 0 Å². The second kappa shape index (κ2) is 8.44. The lowest BCUT2D eigenvalue weighted by atomic mass is 10.0. The number of methoxy groups -OCH3 is 1. The number of hydrogen-bond donors (Lipinski definition) is 2. The molecule has 1 atom stereocenters. The van der Waals surface area contributed by atoms with Gasteiger partial charge in [0.05, 0.1) is 19.6 Å². The summed E-state index contributed by atoms with van der Waals surface area (Å²) in [5, 5.41) is 3.77. The summed E-state index contributed by atoms with van der Waals surface area (Å²) >= 11 is 0. The van der Waals surface area contributed by atoms with E-state index in [4.69, 9.17) is 4.74 Å². The standard InChI is InChI=1S/C22H26FN3O2/c1-14-18(19-11-16(23)8-9-20(19)25-14)12-22(27)24-13-21(26(2)3)15-6-5-7-17(10-15)28-4/h5-11,21,25H,12-13H2,1-4H3,(H,24,27)/t21-/m1/s1. The van der Waals surface area contributed by atoms with Gasteiger partial charge in [-0.15, -0.1) is 0 Å². The van der Waals surface area contributed by atoms with Gasteiger partial charge in [0.2, 0.25) is 5.91 Å². The number of benzene rings is 2. The van der Waals surface area contributed by atoms with Crippen molar-refractivity contribution in [2.75, 3.05) is 27.7 Å². The monoisotopic (exact) mass is 383 g/mol. The van der Waals surface area contributed by atoms with Gasteiger partial charge >= 0.3 is 0 Å². The molecule has 1 heterocycles. The van der Waals surface area contributed by atoms with Crippen molar-refractivity contribution in [3.8, 4) is 5.75 Å². The smallest absolute Gasteiger partial charge is 0.224 e. The molecule has 0 fully saturated rings. The van der Waals surface area contributed by atoms with Crippen LogP contribution in [-0.2, 0) is 11.2 Å². The number of likely N-dealkylation sites (N-methyl/N-ethyl adjacent to an activating group) is 1. The molecule has 148 valence electrons. The molecule has 5 nitrogen and oxygen atoms in total. The number of halogens is 1. The van der Waals surface area contributed by atoms with Gasteiger partial charge in [0, 0.05) is 23.1 Å². The summed E-state index contributed by atoms with van der Waals surface area (Å²) in [6.45, 7) is 2.37. The molecule has 0 bridgehead atoms. The Kier molecular flexibility index (Phi) is 5.99. The third kappa shape index (κ3) is 4.34. The third-order valence-corrected chi connectivity index (χ3v) is 5.01. The van der Waals surface area contributed by atoms with E-state index in [2.05, 4.69) is 15.2 Å². The molecule has 0 aliphatic heterocycles. The molecule has 3 aromatic rings. The third-order valence-electron chi connectivity index (χ3n) is 5.01. The molecular weight excluding hydrogens is 357 g/mol. The zero-order valence-electron chi connectivity index (χ0n) is 16.7. The van der Waals surface area contributed by atoms with Gasteiger partial charge in [0.15, 0.2) is 0 Å². The maximum absolute atomic E-state index is 13.6. The van der Waals surface area contributed by atoms with Gasteiger partial charge in [-0.1, -0.05) is 12.1 Å². The summed E-state index contributed by atoms with van der Waals surface area (Å²) in [6.07, 6.45) is 0.202. The van der Waals surface area contributed by atoms with Crippen molar-refractivity contribution in [3.63, 3.8) is 0 Å². The number of aryl methyl sites for hydroxylation is 1. The van der Waals surface area contributed by atoms with Crippen molar-refractivity contribution in [1.29, 1.82) is 0 Å². The molecule has 6 heteroatoms. The van der Waals surface area contributed by atoms with E-state index in [9.17, 15) is 9.18 Å². The first kappa shape index (κ1) is 19.9. The van der Waals surface area contributed by atoms with E-state index in [0.29, 0.717) is 6.54 Å². The highest BCUT2D eigenvalue weighted by Crippen LogP contribution is 2.24. The largest absolute Gasteiger partial charge is 0.497 e. The molecule has 1 amide bonds. The SMILES string of the molecule is COc1cccc([C@@H](CNC(=O)Cc2c(C)[nH]c3ccc(F)cc23)N(C)C)c1. The predicted molar refractivity (Wildman–Crippen MR) is 109 cm³/mol. The van der Waals surface area contributed by atoms with E-state index in [-0.39, 0.29) is 24.2 Å². The summed E-state index contributed by atoms with van der Waals surface area (Å²) in [6, 6.07) is 12.4. The summed E-state index contributed by atoms with van der Waals surface area (Å²) in [5.41, 5.74) is 3.61. The van der Waals surface area contributed by atoms with Gasteiger partial charge in [-0.3, -0.25) is 4.79 Å². The van der Waals surface area contributed by atoms with Crippen molar-refractivity contribution >= 4 is 16.8 Å². The summed E-state index contributed by atoms with van der Waals surface area (Å²) < 4.78 is 18.9. The van der Waals surface area contributed by atoms with E-state index < -0.39 is 0 Å². The van der Waals surface area contributed by atoms with Crippen LogP contribution in [0.2, 0.25) is 0 Å². The number of nitrogens with zero attached hydrogens (tertiary/aromatic N) is 1. The van der Waals surface area contributed by atoms with Crippen LogP contribution in [0.5, 0.6) is 5.75 Å². The Balaban J connectivity index is 1.72. The van der Waals surface area contributed by atoms with E-state index in [0.717, 1.165) is 33.5 Å². The van der Waals surface area contributed by atoms with Crippen LogP contribution in [0.1, 0.15) is 22.9 Å². The number of ether oxygens (including phenoxy) is 1. The number of hydrogen-bond acceptors (Lipinski definition) is 3. The van der Waals surface area contributed by atoms with Crippen LogP contribution in [0.15, 0.2) is 42.5 Å². The highest BCUT2D eigenvalue weighted by Gasteiger charge is 2.18. The fraction of sp³-hybridized carbons (Fsp3) is 0.318. The zero-order valence-corrected chi connectivity index (χ0v) is 16.7. The molecule has 0 spiro atoms. The van der Waals surface area contributed by atoms with Gasteiger partial charge in [0.25, 0.3) is 0 Å². The lowest BCUT2D eigenvalue weighted by molar-refractivity contribution is -0.120. The minimum atomic E-state index is -0.307. The fourth-order valence-corrected chi connectivity index (χ4v) is 3.46. The highest BCUT2D eigenvalue weighted by molar-refractivity contribution is 5.90. The Morgan fingerprint density at radius 2 is 2.04 bits per heavy atom. The maximum atomic E-state index is 13.6. The van der Waals surface area contributed by atoms with Crippen LogP contribution in [-0.4, -0.2) is 43.5 Å². The Hall–Kier alpha value is -2.86. The van der Waals surface area contributed by atoms with Gasteiger partial charge in [-0.2, -0.15) is 0 Å². The Morgan fingerprint density at radius 1 is 1.25 bits per heavy atom. The Labute approximate surface area is 164 Å². The number of amides is 1. The molecule has 0 aliphatic rings. The first-order valence-electron chi connectivity index (χ1n) is 9.23. The Morgan fingerprint density at radius 3 is 2.75 bits per heavy atom. The second-order valence-corrected chi connectivity index (χ2v) is 7.16. The molecule has 2 N–H and O–H groups in total. The number of H-pyrrole nitrogens is 1. The van der Waals surface area contributed by atoms with Crippen LogP contribution < -0.4 is 10.1 Å². The topological polar surface area (TPSA) is 57.4 Å². The average molecular weight is 383 g/mol. The van der Waals surface area contributed by atoms with Crippen molar-refractivity contribution < 1.29 is 13.9 Å². The number of rotatable bonds is 7. The van der Waals surface area contributed by atoms with Gasteiger partial charge in [-0.05, 0) is 62.5 Å². The van der Waals surface area contributed by atoms with Crippen LogP contribution in [0.25, 0.3) is 10.9 Å². The van der Waals surface area contributed by atoms with E-state index >= 15 is 0 Å². The van der Waals surface area contributed by atoms with Crippen molar-refractivity contribution in [2.45, 2.75) is 19.4 Å². The number of aromatic nitrogens is 1. The molecule has 3 rings (SSSR count). The van der Waals surface area contributed by atoms with Gasteiger partial charge < -0.3 is 19.9 Å². The maximum Gasteiger partial charge on any atom is 0.224 e. The first-order valence-corrected chi connectivity index (χ1v) is 9.23. The average Bonchev–Trinajstić information content (AvgIpc) is 2.96. The molecule has 0 saturated heterocycles. The molecule has 0 radical (unpaired) electrons. The van der Waals surface area contributed by atoms with Crippen molar-refractivity contribution in [1.82, 2.24) is 15.2 Å². The molecule has 28 heavy (non-hydrogen) atoms. The highest BCUT2D eigenvalue weighted by atomic mass is 19.1. The lowest BCUT2D eigenvalue weighted by Gasteiger charge is -2.25. The fourth-order valence-electron chi connectivity index (χ4n) is 3.46. The minimum absolute atomic E-state index is 0.0144. The number of nitrogens with one attached hydrogen (secondary N) is 2. The quantitative estimate of drug-likeness (QED) is 0.656. The molecule has 2 aromatic carbocycles. The molecule has 1 aromatic heterocycles. The number of carbonyl (C=O) groups excluding carboxylic acids is 1. The number of aromatic amines is 1. The van der Waals surface area contributed by atoms with Gasteiger partial charge in [-0.25, -0.2) is 4.39 Å². The van der Waals surface area contributed by atoms with E-state index in [1.165, 1.54) is 12.1 Å². The number of carbonyl (C=O) groups is 1. The Bertz CT molecular complexity index is 981. The van der Waals surface area contributed by atoms with E-state index in [1.807, 2.05) is 45.3 Å². The lowest BCUT2D eigenvalue weighted by Crippen LogP contribution is -2.35. The molecule has 0 unspecified atom stereocenters. The summed E-state index contributed by atoms with van der Waals surface area (Å²) in [7, 11) is 5.59. The molecule has 0 saturated carbocycles. The normalized spacial score (nSPS) is 12.4.